The summed E-state index contributed by atoms with van der Waals surface area (Å²) in [7, 11) is 0. The number of carboxylic acids is 1. The molecule has 1 aliphatic rings. The molecule has 0 spiro atoms. The van der Waals surface area contributed by atoms with E-state index in [1.807, 2.05) is 18.2 Å². The molecule has 0 aliphatic heterocycles. The predicted molar refractivity (Wildman–Crippen MR) is 90.9 cm³/mol. The van der Waals surface area contributed by atoms with E-state index < -0.39 is 5.97 Å². The van der Waals surface area contributed by atoms with Crippen molar-refractivity contribution in [3.05, 3.63) is 71.3 Å². The number of hydrogen-bond donors (Lipinski definition) is 3. The molecule has 1 saturated carbocycles. The molecule has 2 atom stereocenters. The maximum absolute atomic E-state index is 11.9. The number of amides is 2. The maximum atomic E-state index is 11.9. The fourth-order valence-electron chi connectivity index (χ4n) is 2.86. The van der Waals surface area contributed by atoms with E-state index in [1.165, 1.54) is 11.6 Å². The minimum atomic E-state index is -0.970. The lowest BCUT2D eigenvalue weighted by Gasteiger charge is -2.08. The third-order valence-electron chi connectivity index (χ3n) is 4.30. The highest BCUT2D eigenvalue weighted by molar-refractivity contribution is 5.87. The summed E-state index contributed by atoms with van der Waals surface area (Å²) >= 11 is 0. The first-order valence-electron chi connectivity index (χ1n) is 8.02. The summed E-state index contributed by atoms with van der Waals surface area (Å²) in [4.78, 5) is 22.8. The predicted octanol–water partition coefficient (Wildman–Crippen LogP) is 2.99. The van der Waals surface area contributed by atoms with E-state index in [-0.39, 0.29) is 11.6 Å². The van der Waals surface area contributed by atoms with Crippen LogP contribution in [0.25, 0.3) is 0 Å². The molecule has 0 saturated heterocycles. The molecule has 5 nitrogen and oxygen atoms in total. The van der Waals surface area contributed by atoms with Gasteiger partial charge in [0.2, 0.25) is 0 Å². The number of carbonyl (C=O) groups is 2. The largest absolute Gasteiger partial charge is 0.478 e. The Labute approximate surface area is 140 Å². The van der Waals surface area contributed by atoms with E-state index in [0.717, 1.165) is 12.0 Å². The van der Waals surface area contributed by atoms with Crippen LogP contribution in [-0.4, -0.2) is 23.7 Å². The molecule has 2 aromatic carbocycles. The van der Waals surface area contributed by atoms with Gasteiger partial charge in [0.25, 0.3) is 0 Å². The van der Waals surface area contributed by atoms with Gasteiger partial charge in [0, 0.05) is 13.1 Å². The lowest BCUT2D eigenvalue weighted by molar-refractivity contribution is 0.0696. The van der Waals surface area contributed by atoms with Crippen molar-refractivity contribution in [2.45, 2.75) is 18.9 Å². The molecule has 1 aliphatic carbocycles. The van der Waals surface area contributed by atoms with Crippen molar-refractivity contribution in [2.75, 3.05) is 6.54 Å². The first-order chi connectivity index (χ1) is 11.6. The van der Waals surface area contributed by atoms with Gasteiger partial charge in [-0.15, -0.1) is 0 Å². The van der Waals surface area contributed by atoms with Crippen LogP contribution in [0.5, 0.6) is 0 Å². The molecule has 2 aromatic rings. The monoisotopic (exact) mass is 324 g/mol. The molecule has 3 rings (SSSR count). The van der Waals surface area contributed by atoms with Crippen LogP contribution in [0.15, 0.2) is 54.6 Å². The zero-order valence-electron chi connectivity index (χ0n) is 13.2. The van der Waals surface area contributed by atoms with E-state index in [9.17, 15) is 9.59 Å². The van der Waals surface area contributed by atoms with Gasteiger partial charge in [-0.05, 0) is 41.5 Å². The van der Waals surface area contributed by atoms with E-state index in [4.69, 9.17) is 5.11 Å². The Hall–Kier alpha value is -2.82. The summed E-state index contributed by atoms with van der Waals surface area (Å²) < 4.78 is 0. The molecule has 0 unspecified atom stereocenters. The van der Waals surface area contributed by atoms with Gasteiger partial charge in [0.1, 0.15) is 0 Å². The molecule has 3 N–H and O–H groups in total. The van der Waals surface area contributed by atoms with Crippen LogP contribution in [-0.2, 0) is 6.54 Å². The molecule has 124 valence electrons. The van der Waals surface area contributed by atoms with Crippen molar-refractivity contribution >= 4 is 12.0 Å². The fraction of sp³-hybridized carbons (Fsp3) is 0.263. The Morgan fingerprint density at radius 1 is 1.04 bits per heavy atom. The number of aromatic carboxylic acids is 1. The third-order valence-corrected chi connectivity index (χ3v) is 4.30. The quantitative estimate of drug-likeness (QED) is 0.764. The first-order valence-corrected chi connectivity index (χ1v) is 8.02. The zero-order valence-corrected chi connectivity index (χ0v) is 13.2. The van der Waals surface area contributed by atoms with Crippen molar-refractivity contribution < 1.29 is 14.7 Å². The molecule has 1 fully saturated rings. The molecule has 0 heterocycles. The summed E-state index contributed by atoms with van der Waals surface area (Å²) in [6.07, 6.45) is 1.10. The molecule has 0 aromatic heterocycles. The van der Waals surface area contributed by atoms with Gasteiger partial charge < -0.3 is 15.7 Å². The lowest BCUT2D eigenvalue weighted by atomic mass is 10.1. The average molecular weight is 324 g/mol. The molecule has 2 amide bonds. The van der Waals surface area contributed by atoms with Gasteiger partial charge in [-0.2, -0.15) is 0 Å². The topological polar surface area (TPSA) is 78.4 Å². The Kier molecular flexibility index (Phi) is 4.79. The highest BCUT2D eigenvalue weighted by Gasteiger charge is 2.37. The van der Waals surface area contributed by atoms with Crippen molar-refractivity contribution in [3.8, 4) is 0 Å². The number of urea groups is 1. The van der Waals surface area contributed by atoms with Crippen LogP contribution in [0, 0.1) is 5.92 Å². The summed E-state index contributed by atoms with van der Waals surface area (Å²) in [5.41, 5.74) is 2.31. The average Bonchev–Trinajstić information content (AvgIpc) is 3.39. The van der Waals surface area contributed by atoms with Crippen molar-refractivity contribution in [1.82, 2.24) is 10.6 Å². The van der Waals surface area contributed by atoms with Crippen LogP contribution in [0.1, 0.15) is 33.8 Å². The SMILES string of the molecule is O=C(NCc1cccc(C(=O)O)c1)NC[C@H]1C[C@@H]1c1ccccc1. The van der Waals surface area contributed by atoms with Gasteiger partial charge in [-0.3, -0.25) is 0 Å². The van der Waals surface area contributed by atoms with Gasteiger partial charge >= 0.3 is 12.0 Å². The number of nitrogens with one attached hydrogen (secondary N) is 2. The van der Waals surface area contributed by atoms with Crippen LogP contribution >= 0.6 is 0 Å². The second kappa shape index (κ2) is 7.17. The molecule has 5 heteroatoms. The van der Waals surface area contributed by atoms with Crippen LogP contribution in [0.3, 0.4) is 0 Å². The summed E-state index contributed by atoms with van der Waals surface area (Å²) in [5, 5.41) is 14.6. The Bertz CT molecular complexity index is 730. The summed E-state index contributed by atoms with van der Waals surface area (Å²) in [6.45, 7) is 0.959. The molecule has 24 heavy (non-hydrogen) atoms. The number of rotatable bonds is 6. The Morgan fingerprint density at radius 2 is 1.83 bits per heavy atom. The summed E-state index contributed by atoms with van der Waals surface area (Å²) in [5.74, 6) is 0.0641. The normalized spacial score (nSPS) is 18.7. The highest BCUT2D eigenvalue weighted by atomic mass is 16.4. The lowest BCUT2D eigenvalue weighted by Crippen LogP contribution is -2.36. The van der Waals surface area contributed by atoms with E-state index >= 15 is 0 Å². The van der Waals surface area contributed by atoms with E-state index in [2.05, 4.69) is 22.8 Å². The Balaban J connectivity index is 1.41. The summed E-state index contributed by atoms with van der Waals surface area (Å²) in [6, 6.07) is 16.7. The maximum Gasteiger partial charge on any atom is 0.335 e. The second-order valence-corrected chi connectivity index (χ2v) is 6.08. The van der Waals surface area contributed by atoms with Gasteiger partial charge in [0.15, 0.2) is 0 Å². The minimum Gasteiger partial charge on any atom is -0.478 e. The van der Waals surface area contributed by atoms with Crippen LogP contribution in [0.2, 0.25) is 0 Å². The van der Waals surface area contributed by atoms with Gasteiger partial charge in [0.05, 0.1) is 5.56 Å². The fourth-order valence-corrected chi connectivity index (χ4v) is 2.86. The van der Waals surface area contributed by atoms with E-state index in [1.54, 1.807) is 18.2 Å². The highest BCUT2D eigenvalue weighted by Crippen LogP contribution is 2.46. The smallest absolute Gasteiger partial charge is 0.335 e. The number of benzene rings is 2. The first kappa shape index (κ1) is 16.1. The minimum absolute atomic E-state index is 0.221. The zero-order chi connectivity index (χ0) is 16.9. The number of carboxylic acid groups (broad SMARTS) is 1. The molecular formula is C19H20N2O3. The van der Waals surface area contributed by atoms with Crippen molar-refractivity contribution in [3.63, 3.8) is 0 Å². The number of hydrogen-bond acceptors (Lipinski definition) is 2. The molecular weight excluding hydrogens is 304 g/mol. The second-order valence-electron chi connectivity index (χ2n) is 6.08. The van der Waals surface area contributed by atoms with Gasteiger partial charge in [-0.1, -0.05) is 42.5 Å². The molecule has 0 radical (unpaired) electrons. The van der Waals surface area contributed by atoms with Crippen molar-refractivity contribution in [1.29, 1.82) is 0 Å². The van der Waals surface area contributed by atoms with Crippen LogP contribution in [0.4, 0.5) is 4.79 Å². The Morgan fingerprint density at radius 3 is 2.58 bits per heavy atom. The molecule has 0 bridgehead atoms. The third kappa shape index (κ3) is 4.13. The van der Waals surface area contributed by atoms with E-state index in [0.29, 0.717) is 24.9 Å². The van der Waals surface area contributed by atoms with Gasteiger partial charge in [-0.25, -0.2) is 9.59 Å². The van der Waals surface area contributed by atoms with Crippen molar-refractivity contribution in [2.24, 2.45) is 5.92 Å². The van der Waals surface area contributed by atoms with Crippen LogP contribution < -0.4 is 10.6 Å². The standard InChI is InChI=1S/C19H20N2O3/c22-18(23)15-8-4-5-13(9-15)11-20-19(24)21-12-16-10-17(16)14-6-2-1-3-7-14/h1-9,16-17H,10-12H2,(H,22,23)(H2,20,21,24)/t16-,17-/m1/s1. The number of carbonyl (C=O) groups excluding carboxylic acids is 1.